The average molecular weight is 317 g/mol. The summed E-state index contributed by atoms with van der Waals surface area (Å²) in [6.45, 7) is 0.186. The van der Waals surface area contributed by atoms with Gasteiger partial charge in [-0.1, -0.05) is 29.8 Å². The second-order valence-corrected chi connectivity index (χ2v) is 4.64. The van der Waals surface area contributed by atoms with Gasteiger partial charge < -0.3 is 4.74 Å². The van der Waals surface area contributed by atoms with Gasteiger partial charge in [0.25, 0.3) is 5.88 Å². The minimum absolute atomic E-state index is 0.0341. The fourth-order valence-electron chi connectivity index (χ4n) is 1.27. The molecule has 2 aromatic rings. The van der Waals surface area contributed by atoms with E-state index < -0.39 is 5.82 Å². The molecule has 0 aliphatic rings. The molecule has 2 rings (SSSR count). The van der Waals surface area contributed by atoms with Gasteiger partial charge in [-0.2, -0.15) is 0 Å². The van der Waals surface area contributed by atoms with Gasteiger partial charge in [-0.25, -0.2) is 9.37 Å². The molecule has 1 heterocycles. The van der Waals surface area contributed by atoms with Crippen molar-refractivity contribution in [3.05, 3.63) is 57.4 Å². The largest absolute Gasteiger partial charge is 0.471 e. The van der Waals surface area contributed by atoms with Gasteiger partial charge in [0, 0.05) is 21.3 Å². The molecule has 0 saturated carbocycles. The van der Waals surface area contributed by atoms with Crippen molar-refractivity contribution in [3.8, 4) is 5.88 Å². The molecule has 1 aromatic heterocycles. The zero-order chi connectivity index (χ0) is 12.3. The highest BCUT2D eigenvalue weighted by molar-refractivity contribution is 9.10. The standard InChI is InChI=1S/C12H8BrClFNO/c13-9-5-11(15)12(16-6-9)17-7-8-3-1-2-4-10(8)14/h1-6H,7H2. The lowest BCUT2D eigenvalue weighted by Gasteiger charge is -2.07. The predicted molar refractivity (Wildman–Crippen MR) is 67.7 cm³/mol. The van der Waals surface area contributed by atoms with Crippen molar-refractivity contribution in [2.45, 2.75) is 6.61 Å². The number of ether oxygens (including phenoxy) is 1. The highest BCUT2D eigenvalue weighted by Crippen LogP contribution is 2.21. The van der Waals surface area contributed by atoms with E-state index in [-0.39, 0.29) is 12.5 Å². The lowest BCUT2D eigenvalue weighted by Crippen LogP contribution is -2.00. The molecule has 88 valence electrons. The van der Waals surface area contributed by atoms with Crippen LogP contribution in [0.5, 0.6) is 5.88 Å². The number of benzene rings is 1. The summed E-state index contributed by atoms with van der Waals surface area (Å²) in [5.41, 5.74) is 0.790. The Morgan fingerprint density at radius 1 is 1.35 bits per heavy atom. The Bertz CT molecular complexity index is 536. The summed E-state index contributed by atoms with van der Waals surface area (Å²) in [5, 5.41) is 0.588. The zero-order valence-corrected chi connectivity index (χ0v) is 11.0. The molecule has 0 atom stereocenters. The van der Waals surface area contributed by atoms with Gasteiger partial charge in [0.1, 0.15) is 6.61 Å². The summed E-state index contributed by atoms with van der Waals surface area (Å²) in [5.74, 6) is -0.542. The van der Waals surface area contributed by atoms with Gasteiger partial charge >= 0.3 is 0 Å². The first-order valence-electron chi connectivity index (χ1n) is 4.84. The van der Waals surface area contributed by atoms with Crippen molar-refractivity contribution in [2.75, 3.05) is 0 Å². The van der Waals surface area contributed by atoms with Crippen molar-refractivity contribution >= 4 is 27.5 Å². The Hall–Kier alpha value is -1.13. The first kappa shape index (κ1) is 12.3. The minimum Gasteiger partial charge on any atom is -0.471 e. The topological polar surface area (TPSA) is 22.1 Å². The Morgan fingerprint density at radius 3 is 2.82 bits per heavy atom. The van der Waals surface area contributed by atoms with Crippen molar-refractivity contribution in [1.29, 1.82) is 0 Å². The van der Waals surface area contributed by atoms with E-state index in [1.807, 2.05) is 18.2 Å². The molecule has 5 heteroatoms. The van der Waals surface area contributed by atoms with Crippen LogP contribution in [0.2, 0.25) is 5.02 Å². The monoisotopic (exact) mass is 315 g/mol. The molecule has 1 aromatic carbocycles. The Balaban J connectivity index is 2.10. The first-order valence-corrected chi connectivity index (χ1v) is 6.01. The maximum absolute atomic E-state index is 13.4. The van der Waals surface area contributed by atoms with Crippen LogP contribution in [0.1, 0.15) is 5.56 Å². The number of rotatable bonds is 3. The van der Waals surface area contributed by atoms with E-state index in [2.05, 4.69) is 20.9 Å². The minimum atomic E-state index is -0.508. The summed E-state index contributed by atoms with van der Waals surface area (Å²) in [7, 11) is 0. The third kappa shape index (κ3) is 3.17. The van der Waals surface area contributed by atoms with Crippen LogP contribution in [-0.4, -0.2) is 4.98 Å². The quantitative estimate of drug-likeness (QED) is 0.846. The van der Waals surface area contributed by atoms with E-state index >= 15 is 0 Å². The van der Waals surface area contributed by atoms with Crippen LogP contribution in [0.25, 0.3) is 0 Å². The van der Waals surface area contributed by atoms with E-state index in [9.17, 15) is 4.39 Å². The van der Waals surface area contributed by atoms with E-state index in [4.69, 9.17) is 16.3 Å². The lowest BCUT2D eigenvalue weighted by atomic mass is 10.2. The van der Waals surface area contributed by atoms with E-state index in [1.54, 1.807) is 6.07 Å². The Morgan fingerprint density at radius 2 is 2.12 bits per heavy atom. The van der Waals surface area contributed by atoms with Crippen LogP contribution in [0, 0.1) is 5.82 Å². The second kappa shape index (κ2) is 5.47. The molecule has 0 bridgehead atoms. The third-order valence-electron chi connectivity index (χ3n) is 2.10. The molecule has 2 nitrogen and oxygen atoms in total. The summed E-state index contributed by atoms with van der Waals surface area (Å²) >= 11 is 9.08. The van der Waals surface area contributed by atoms with Crippen LogP contribution in [0.3, 0.4) is 0 Å². The summed E-state index contributed by atoms with van der Waals surface area (Å²) in [6.07, 6.45) is 1.48. The molecular formula is C12H8BrClFNO. The molecule has 0 N–H and O–H groups in total. The molecule has 0 fully saturated rings. The molecule has 0 unspecified atom stereocenters. The highest BCUT2D eigenvalue weighted by atomic mass is 79.9. The summed E-state index contributed by atoms with van der Waals surface area (Å²) in [4.78, 5) is 3.84. The van der Waals surface area contributed by atoms with Crippen LogP contribution < -0.4 is 4.74 Å². The molecule has 0 amide bonds. The van der Waals surface area contributed by atoms with Gasteiger partial charge in [0.2, 0.25) is 0 Å². The molecule has 0 aliphatic carbocycles. The van der Waals surface area contributed by atoms with Crippen LogP contribution in [0.4, 0.5) is 4.39 Å². The molecule has 0 spiro atoms. The number of nitrogens with zero attached hydrogens (tertiary/aromatic N) is 1. The molecule has 0 aliphatic heterocycles. The Labute approximate surface area is 112 Å². The molecule has 0 radical (unpaired) electrons. The van der Waals surface area contributed by atoms with Crippen molar-refractivity contribution in [2.24, 2.45) is 0 Å². The van der Waals surface area contributed by atoms with Crippen LogP contribution in [-0.2, 0) is 6.61 Å². The van der Waals surface area contributed by atoms with E-state index in [0.29, 0.717) is 9.50 Å². The third-order valence-corrected chi connectivity index (χ3v) is 2.90. The predicted octanol–water partition coefficient (Wildman–Crippen LogP) is 4.22. The SMILES string of the molecule is Fc1cc(Br)cnc1OCc1ccccc1Cl. The van der Waals surface area contributed by atoms with Crippen LogP contribution >= 0.6 is 27.5 Å². The Kier molecular flexibility index (Phi) is 3.97. The van der Waals surface area contributed by atoms with Gasteiger partial charge in [-0.3, -0.25) is 0 Å². The molecule has 17 heavy (non-hydrogen) atoms. The van der Waals surface area contributed by atoms with Gasteiger partial charge in [0.15, 0.2) is 5.82 Å². The number of hydrogen-bond acceptors (Lipinski definition) is 2. The fraction of sp³-hybridized carbons (Fsp3) is 0.0833. The molecule has 0 saturated heterocycles. The van der Waals surface area contributed by atoms with Crippen molar-refractivity contribution in [1.82, 2.24) is 4.98 Å². The van der Waals surface area contributed by atoms with E-state index in [0.717, 1.165) is 5.56 Å². The number of aromatic nitrogens is 1. The van der Waals surface area contributed by atoms with Crippen molar-refractivity contribution < 1.29 is 9.13 Å². The van der Waals surface area contributed by atoms with E-state index in [1.165, 1.54) is 12.3 Å². The first-order chi connectivity index (χ1) is 8.16. The van der Waals surface area contributed by atoms with Gasteiger partial charge in [-0.05, 0) is 28.1 Å². The normalized spacial score (nSPS) is 10.3. The van der Waals surface area contributed by atoms with Crippen LogP contribution in [0.15, 0.2) is 41.0 Å². The lowest BCUT2D eigenvalue weighted by molar-refractivity contribution is 0.277. The summed E-state index contributed by atoms with van der Waals surface area (Å²) < 4.78 is 19.2. The van der Waals surface area contributed by atoms with Gasteiger partial charge in [0.05, 0.1) is 0 Å². The smallest absolute Gasteiger partial charge is 0.250 e. The van der Waals surface area contributed by atoms with Gasteiger partial charge in [-0.15, -0.1) is 0 Å². The number of hydrogen-bond donors (Lipinski definition) is 0. The maximum Gasteiger partial charge on any atom is 0.250 e. The highest BCUT2D eigenvalue weighted by Gasteiger charge is 2.07. The average Bonchev–Trinajstić information content (AvgIpc) is 2.30. The number of halogens is 3. The second-order valence-electron chi connectivity index (χ2n) is 3.32. The summed E-state index contributed by atoms with van der Waals surface area (Å²) in [6, 6.07) is 8.54. The number of pyridine rings is 1. The molecular weight excluding hydrogens is 308 g/mol. The zero-order valence-electron chi connectivity index (χ0n) is 8.66. The fourth-order valence-corrected chi connectivity index (χ4v) is 1.76. The van der Waals surface area contributed by atoms with Crippen molar-refractivity contribution in [3.63, 3.8) is 0 Å². The maximum atomic E-state index is 13.4.